The maximum Gasteiger partial charge on any atom is 0.407 e. The van der Waals surface area contributed by atoms with E-state index in [-0.39, 0.29) is 35.9 Å². The summed E-state index contributed by atoms with van der Waals surface area (Å²) in [5.41, 5.74) is 5.08. The highest BCUT2D eigenvalue weighted by atomic mass is 32.2. The number of aliphatic carboxylic acids is 2. The molecule has 0 unspecified atom stereocenters. The average molecular weight is 600 g/mol. The molecule has 1 aromatic heterocycles. The number of nitrogens with one attached hydrogen (secondary N) is 2. The van der Waals surface area contributed by atoms with Crippen LogP contribution in [0.4, 0.5) is 4.79 Å². The summed E-state index contributed by atoms with van der Waals surface area (Å²) in [5.74, 6) is -4.52. The molecule has 16 nitrogen and oxygen atoms in total. The normalized spacial score (nSPS) is 19.1. The fourth-order valence-electron chi connectivity index (χ4n) is 3.53. The Morgan fingerprint density at radius 2 is 1.95 bits per heavy atom. The number of carboxylic acids is 2. The summed E-state index contributed by atoms with van der Waals surface area (Å²) in [7, 11) is 1.23. The van der Waals surface area contributed by atoms with E-state index in [2.05, 4.69) is 15.8 Å². The van der Waals surface area contributed by atoms with Gasteiger partial charge in [0.1, 0.15) is 43.5 Å². The number of hydrogen-bond donors (Lipinski definition) is 5. The van der Waals surface area contributed by atoms with Crippen LogP contribution < -0.4 is 16.4 Å². The van der Waals surface area contributed by atoms with Gasteiger partial charge >= 0.3 is 24.0 Å². The highest BCUT2D eigenvalue weighted by Gasteiger charge is 2.54. The minimum atomic E-state index is -1.36. The molecule has 216 valence electrons. The van der Waals surface area contributed by atoms with Crippen LogP contribution in [0.3, 0.4) is 0 Å². The second kappa shape index (κ2) is 13.3. The van der Waals surface area contributed by atoms with Gasteiger partial charge in [-0.25, -0.2) is 9.59 Å². The van der Waals surface area contributed by atoms with Gasteiger partial charge in [0.25, 0.3) is 11.8 Å². The number of carbonyl (C=O) groups excluding carboxylic acids is 4. The molecule has 0 aliphatic carbocycles. The van der Waals surface area contributed by atoms with Gasteiger partial charge in [-0.2, -0.15) is 0 Å². The molecule has 1 aromatic rings. The summed E-state index contributed by atoms with van der Waals surface area (Å²) >= 11 is 2.29. The third-order valence-electron chi connectivity index (χ3n) is 5.40. The third-order valence-corrected chi connectivity index (χ3v) is 7.83. The van der Waals surface area contributed by atoms with Gasteiger partial charge in [-0.05, 0) is 12.1 Å². The van der Waals surface area contributed by atoms with Crippen molar-refractivity contribution in [3.05, 3.63) is 33.2 Å². The summed E-state index contributed by atoms with van der Waals surface area (Å²) in [6, 6.07) is 0.740. The summed E-state index contributed by atoms with van der Waals surface area (Å²) in [6.07, 6.45) is -0.890. The summed E-state index contributed by atoms with van der Waals surface area (Å²) in [5, 5.41) is 26.4. The molecule has 0 spiro atoms. The van der Waals surface area contributed by atoms with E-state index in [1.54, 1.807) is 12.1 Å². The second-order valence-corrected chi connectivity index (χ2v) is 10.5. The zero-order valence-electron chi connectivity index (χ0n) is 21.1. The van der Waals surface area contributed by atoms with Crippen LogP contribution in [0.1, 0.15) is 16.7 Å². The molecule has 1 fully saturated rings. The lowest BCUT2D eigenvalue weighted by molar-refractivity contribution is -0.150. The first-order chi connectivity index (χ1) is 18.9. The number of thioether (sulfide) groups is 1. The van der Waals surface area contributed by atoms with Crippen LogP contribution >= 0.6 is 23.1 Å². The molecule has 0 bridgehead atoms. The summed E-state index contributed by atoms with van der Waals surface area (Å²) in [6.45, 7) is 0.380. The van der Waals surface area contributed by atoms with E-state index in [1.807, 2.05) is 0 Å². The Morgan fingerprint density at radius 3 is 2.58 bits per heavy atom. The molecular weight excluding hydrogens is 574 g/mol. The van der Waals surface area contributed by atoms with Crippen LogP contribution in [-0.2, 0) is 44.8 Å². The Labute approximate surface area is 234 Å². The number of β-lactam (4-membered cyclic amide) rings is 1. The minimum Gasteiger partial charge on any atom is -0.480 e. The van der Waals surface area contributed by atoms with Gasteiger partial charge in [0.2, 0.25) is 0 Å². The second-order valence-electron chi connectivity index (χ2n) is 8.18. The number of nitrogens with zero attached hydrogens (tertiary/aromatic N) is 2. The van der Waals surface area contributed by atoms with Crippen molar-refractivity contribution < 1.29 is 53.3 Å². The molecule has 3 amide bonds. The predicted octanol–water partition coefficient (Wildman–Crippen LogP) is -0.962. The van der Waals surface area contributed by atoms with Crippen LogP contribution in [0.15, 0.2) is 28.6 Å². The molecule has 6 N–H and O–H groups in total. The van der Waals surface area contributed by atoms with Crippen LogP contribution in [0.5, 0.6) is 0 Å². The number of carboxylic acid groups (broad SMARTS) is 2. The van der Waals surface area contributed by atoms with E-state index in [9.17, 15) is 33.9 Å². The number of hydrogen-bond acceptors (Lipinski definition) is 13. The van der Waals surface area contributed by atoms with Gasteiger partial charge < -0.3 is 40.9 Å². The van der Waals surface area contributed by atoms with Gasteiger partial charge in [-0.1, -0.05) is 5.16 Å². The van der Waals surface area contributed by atoms with Gasteiger partial charge in [0.05, 0.1) is 11.4 Å². The highest BCUT2D eigenvalue weighted by molar-refractivity contribution is 8.00. The van der Waals surface area contributed by atoms with E-state index < -0.39 is 59.9 Å². The molecule has 0 radical (unpaired) electrons. The Balaban J connectivity index is 1.63. The van der Waals surface area contributed by atoms with Crippen molar-refractivity contribution in [2.45, 2.75) is 30.9 Å². The first-order valence-corrected chi connectivity index (χ1v) is 13.2. The average Bonchev–Trinajstić information content (AvgIpc) is 3.38. The van der Waals surface area contributed by atoms with E-state index in [0.717, 1.165) is 16.2 Å². The van der Waals surface area contributed by atoms with Crippen LogP contribution in [0, 0.1) is 0 Å². The van der Waals surface area contributed by atoms with Crippen molar-refractivity contribution in [2.75, 3.05) is 26.1 Å². The highest BCUT2D eigenvalue weighted by Crippen LogP contribution is 2.40. The van der Waals surface area contributed by atoms with Crippen molar-refractivity contribution in [1.82, 2.24) is 15.5 Å². The lowest BCUT2D eigenvalue weighted by Gasteiger charge is -2.49. The lowest BCUT2D eigenvalue weighted by atomic mass is 10.0. The van der Waals surface area contributed by atoms with E-state index >= 15 is 0 Å². The molecule has 40 heavy (non-hydrogen) atoms. The third kappa shape index (κ3) is 7.07. The van der Waals surface area contributed by atoms with E-state index in [1.165, 1.54) is 25.8 Å². The monoisotopic (exact) mass is 599 g/mol. The van der Waals surface area contributed by atoms with Gasteiger partial charge in [0, 0.05) is 23.1 Å². The van der Waals surface area contributed by atoms with Crippen LogP contribution in [0.2, 0.25) is 0 Å². The number of rotatable bonds is 12. The Kier molecular flexibility index (Phi) is 10.1. The number of amides is 3. The van der Waals surface area contributed by atoms with Crippen molar-refractivity contribution in [3.63, 3.8) is 0 Å². The first-order valence-electron chi connectivity index (χ1n) is 11.4. The molecule has 3 atom stereocenters. The smallest absolute Gasteiger partial charge is 0.407 e. The molecule has 0 aromatic carbocycles. The number of thiophene rings is 1. The number of carbonyl (C=O) groups is 6. The molecule has 3 heterocycles. The molecule has 3 rings (SSSR count). The number of fused-ring (bicyclic) bond motifs is 1. The predicted molar refractivity (Wildman–Crippen MR) is 138 cm³/mol. The van der Waals surface area contributed by atoms with E-state index in [4.69, 9.17) is 25.2 Å². The molecule has 2 aliphatic rings. The fraction of sp³-hybridized carbons (Fsp3) is 0.409. The number of ether oxygens (including phenoxy) is 2. The standard InChI is InChI=1S/C22H25N5O11S2/c1-9(28)37-6-10-8-39-19-15(18(30)27(19)16(10)21(33)34)25-17(29)14(26-36-2)13-4-3-11(40-13)5-24-22(35)38-7-12(23)20(31)32/h3-4,12,15,19H,5-8,23H2,1-2H3,(H,24,35)(H,25,29)(H,31,32)(H,33,34)/t12-,15-,19+/m1/s1. The van der Waals surface area contributed by atoms with Crippen LogP contribution in [0.25, 0.3) is 0 Å². The van der Waals surface area contributed by atoms with Crippen molar-refractivity contribution in [3.8, 4) is 0 Å². The Morgan fingerprint density at radius 1 is 1.23 bits per heavy atom. The minimum absolute atomic E-state index is 0.0115. The van der Waals surface area contributed by atoms with E-state index in [0.29, 0.717) is 9.75 Å². The molecule has 0 saturated carbocycles. The largest absolute Gasteiger partial charge is 0.480 e. The number of esters is 1. The van der Waals surface area contributed by atoms with Crippen molar-refractivity contribution in [1.29, 1.82) is 0 Å². The Bertz CT molecular complexity index is 1280. The summed E-state index contributed by atoms with van der Waals surface area (Å²) in [4.78, 5) is 78.1. The van der Waals surface area contributed by atoms with Crippen molar-refractivity contribution in [2.24, 2.45) is 10.9 Å². The maximum atomic E-state index is 13.1. The van der Waals surface area contributed by atoms with Gasteiger partial charge in [-0.3, -0.25) is 24.1 Å². The van der Waals surface area contributed by atoms with Crippen LogP contribution in [-0.4, -0.2) is 100 Å². The first kappa shape index (κ1) is 30.4. The lowest BCUT2D eigenvalue weighted by Crippen LogP contribution is -2.71. The zero-order chi connectivity index (χ0) is 29.6. The molecule has 18 heteroatoms. The van der Waals surface area contributed by atoms with Crippen molar-refractivity contribution >= 4 is 64.6 Å². The van der Waals surface area contributed by atoms with Gasteiger partial charge in [0.15, 0.2) is 5.71 Å². The molecule has 2 aliphatic heterocycles. The van der Waals surface area contributed by atoms with Gasteiger partial charge in [-0.15, -0.1) is 23.1 Å². The Hall–Kier alpha value is -4.16. The fourth-order valence-corrected chi connectivity index (χ4v) is 5.78. The quantitative estimate of drug-likeness (QED) is 0.0843. The molecule has 1 saturated heterocycles. The number of oxime groups is 1. The topological polar surface area (TPSA) is 236 Å². The number of alkyl carbamates (subject to hydrolysis) is 1. The summed E-state index contributed by atoms with van der Waals surface area (Å²) < 4.78 is 9.63. The molecular formula is C22H25N5O11S2. The zero-order valence-corrected chi connectivity index (χ0v) is 22.7. The SMILES string of the molecule is CON=C(C(=O)N[C@@H]1C(=O)N2C(C(=O)O)=C(COC(C)=O)CS[C@@H]12)c1ccc(CNC(=O)OC[C@@H](N)C(=O)O)s1. The number of nitrogens with two attached hydrogens (primary N) is 1. The maximum absolute atomic E-state index is 13.1.